The molecule has 2 rings (SSSR count). The number of aliphatic hydroxyl groups excluding tert-OH is 1. The molecule has 1 saturated heterocycles. The summed E-state index contributed by atoms with van der Waals surface area (Å²) >= 11 is 0. The number of hydrogen-bond acceptors (Lipinski definition) is 4. The summed E-state index contributed by atoms with van der Waals surface area (Å²) in [5, 5.41) is 17.5. The van der Waals surface area contributed by atoms with E-state index in [1.165, 1.54) is 6.42 Å². The quantitative estimate of drug-likeness (QED) is 0.824. The van der Waals surface area contributed by atoms with Crippen LogP contribution >= 0.6 is 0 Å². The maximum absolute atomic E-state index is 8.93. The Hall–Kier alpha value is -1.57. The van der Waals surface area contributed by atoms with Crippen molar-refractivity contribution >= 4 is 0 Å². The summed E-state index contributed by atoms with van der Waals surface area (Å²) in [6.07, 6.45) is 2.54. The third-order valence-corrected chi connectivity index (χ3v) is 3.79. The smallest absolute Gasteiger partial charge is 0.119 e. The number of ether oxygens (including phenoxy) is 1. The molecule has 0 saturated carbocycles. The van der Waals surface area contributed by atoms with Gasteiger partial charge in [-0.05, 0) is 43.0 Å². The number of likely N-dealkylation sites (tertiary alicyclic amines) is 1. The van der Waals surface area contributed by atoms with Crippen molar-refractivity contribution in [3.8, 4) is 11.8 Å². The molecule has 4 heteroatoms. The fourth-order valence-electron chi connectivity index (χ4n) is 2.62. The van der Waals surface area contributed by atoms with E-state index < -0.39 is 0 Å². The molecule has 1 aromatic rings. The topological polar surface area (TPSA) is 56.5 Å². The third-order valence-electron chi connectivity index (χ3n) is 3.79. The van der Waals surface area contributed by atoms with Gasteiger partial charge in [-0.15, -0.1) is 0 Å². The van der Waals surface area contributed by atoms with Gasteiger partial charge < -0.3 is 9.84 Å². The molecule has 4 nitrogen and oxygen atoms in total. The molecular weight excluding hydrogens is 252 g/mol. The van der Waals surface area contributed by atoms with Gasteiger partial charge in [-0.1, -0.05) is 12.1 Å². The van der Waals surface area contributed by atoms with Crippen molar-refractivity contribution in [1.82, 2.24) is 4.90 Å². The maximum Gasteiger partial charge on any atom is 0.119 e. The summed E-state index contributed by atoms with van der Waals surface area (Å²) in [5.74, 6) is 1.50. The zero-order chi connectivity index (χ0) is 14.2. The normalized spacial score (nSPS) is 18.9. The van der Waals surface area contributed by atoms with Crippen LogP contribution in [0.15, 0.2) is 24.3 Å². The Morgan fingerprint density at radius 3 is 2.85 bits per heavy atom. The van der Waals surface area contributed by atoms with Crippen molar-refractivity contribution in [2.75, 3.05) is 32.8 Å². The van der Waals surface area contributed by atoms with Crippen LogP contribution in [-0.2, 0) is 6.42 Å². The third kappa shape index (κ3) is 4.52. The van der Waals surface area contributed by atoms with E-state index in [1.807, 2.05) is 24.3 Å². The molecule has 0 bridgehead atoms. The van der Waals surface area contributed by atoms with Gasteiger partial charge in [0, 0.05) is 19.7 Å². The van der Waals surface area contributed by atoms with Crippen LogP contribution in [0.3, 0.4) is 0 Å². The predicted molar refractivity (Wildman–Crippen MR) is 77.5 cm³/mol. The average Bonchev–Trinajstić information content (AvgIpc) is 2.89. The number of benzene rings is 1. The van der Waals surface area contributed by atoms with Crippen LogP contribution < -0.4 is 4.74 Å². The zero-order valence-corrected chi connectivity index (χ0v) is 11.8. The second kappa shape index (κ2) is 7.88. The maximum atomic E-state index is 8.93. The predicted octanol–water partition coefficient (Wildman–Crippen LogP) is 1.84. The van der Waals surface area contributed by atoms with Crippen molar-refractivity contribution < 1.29 is 9.84 Å². The van der Waals surface area contributed by atoms with Crippen LogP contribution in [0.2, 0.25) is 0 Å². The van der Waals surface area contributed by atoms with Gasteiger partial charge in [0.15, 0.2) is 0 Å². The van der Waals surface area contributed by atoms with Crippen molar-refractivity contribution in [2.24, 2.45) is 5.92 Å². The molecule has 1 atom stereocenters. The SMILES string of the molecule is N#CCc1ccc(OCCN2CCC(CCO)C2)cc1. The van der Waals surface area contributed by atoms with Crippen molar-refractivity contribution in [3.63, 3.8) is 0 Å². The van der Waals surface area contributed by atoms with Gasteiger partial charge in [0.25, 0.3) is 0 Å². The van der Waals surface area contributed by atoms with Gasteiger partial charge >= 0.3 is 0 Å². The molecule has 1 unspecified atom stereocenters. The lowest BCUT2D eigenvalue weighted by atomic mass is 10.1. The lowest BCUT2D eigenvalue weighted by Gasteiger charge is -2.16. The van der Waals surface area contributed by atoms with E-state index >= 15 is 0 Å². The molecule has 0 amide bonds. The van der Waals surface area contributed by atoms with Crippen LogP contribution in [-0.4, -0.2) is 42.9 Å². The Bertz CT molecular complexity index is 439. The van der Waals surface area contributed by atoms with Gasteiger partial charge in [-0.3, -0.25) is 4.90 Å². The first-order valence-electron chi connectivity index (χ1n) is 7.23. The lowest BCUT2D eigenvalue weighted by molar-refractivity contribution is 0.222. The highest BCUT2D eigenvalue weighted by Crippen LogP contribution is 2.19. The molecule has 1 N–H and O–H groups in total. The first-order chi connectivity index (χ1) is 9.81. The highest BCUT2D eigenvalue weighted by Gasteiger charge is 2.21. The molecule has 0 aliphatic carbocycles. The van der Waals surface area contributed by atoms with Crippen LogP contribution in [0.1, 0.15) is 18.4 Å². The first kappa shape index (κ1) is 14.8. The summed E-state index contributed by atoms with van der Waals surface area (Å²) in [6.45, 7) is 4.09. The minimum atomic E-state index is 0.296. The minimum absolute atomic E-state index is 0.296. The van der Waals surface area contributed by atoms with Crippen molar-refractivity contribution in [1.29, 1.82) is 5.26 Å². The molecule has 0 spiro atoms. The number of nitriles is 1. The Morgan fingerprint density at radius 2 is 2.15 bits per heavy atom. The summed E-state index contributed by atoms with van der Waals surface area (Å²) in [7, 11) is 0. The van der Waals surface area contributed by atoms with Gasteiger partial charge in [-0.25, -0.2) is 0 Å². The van der Waals surface area contributed by atoms with E-state index in [0.29, 0.717) is 25.6 Å². The van der Waals surface area contributed by atoms with Crippen LogP contribution in [0.4, 0.5) is 0 Å². The lowest BCUT2D eigenvalue weighted by Crippen LogP contribution is -2.26. The minimum Gasteiger partial charge on any atom is -0.492 e. The Labute approximate surface area is 120 Å². The second-order valence-electron chi connectivity index (χ2n) is 5.29. The molecule has 108 valence electrons. The number of hydrogen-bond donors (Lipinski definition) is 1. The molecular formula is C16H22N2O2. The standard InChI is InChI=1S/C16H22N2O2/c17-8-5-14-1-3-16(4-2-14)20-12-10-18-9-6-15(13-18)7-11-19/h1-4,15,19H,5-7,9-13H2. The van der Waals surface area contributed by atoms with E-state index in [0.717, 1.165) is 37.4 Å². The monoisotopic (exact) mass is 274 g/mol. The molecule has 1 heterocycles. The Kier molecular flexibility index (Phi) is 5.85. The van der Waals surface area contributed by atoms with Gasteiger partial charge in [0.05, 0.1) is 12.5 Å². The largest absolute Gasteiger partial charge is 0.492 e. The Balaban J connectivity index is 1.67. The molecule has 1 aliphatic rings. The van der Waals surface area contributed by atoms with E-state index in [4.69, 9.17) is 15.1 Å². The Morgan fingerprint density at radius 1 is 1.35 bits per heavy atom. The highest BCUT2D eigenvalue weighted by atomic mass is 16.5. The molecule has 0 aromatic heterocycles. The molecule has 0 radical (unpaired) electrons. The van der Waals surface area contributed by atoms with Gasteiger partial charge in [0.1, 0.15) is 12.4 Å². The fraction of sp³-hybridized carbons (Fsp3) is 0.562. The molecule has 1 fully saturated rings. The van der Waals surface area contributed by atoms with Crippen LogP contribution in [0, 0.1) is 17.2 Å². The van der Waals surface area contributed by atoms with Crippen LogP contribution in [0.25, 0.3) is 0 Å². The molecule has 1 aromatic carbocycles. The summed E-state index contributed by atoms with van der Waals surface area (Å²) < 4.78 is 5.72. The average molecular weight is 274 g/mol. The van der Waals surface area contributed by atoms with Crippen LogP contribution in [0.5, 0.6) is 5.75 Å². The van der Waals surface area contributed by atoms with Gasteiger partial charge in [0.2, 0.25) is 0 Å². The van der Waals surface area contributed by atoms with E-state index in [-0.39, 0.29) is 0 Å². The first-order valence-corrected chi connectivity index (χ1v) is 7.23. The summed E-state index contributed by atoms with van der Waals surface area (Å²) in [6, 6.07) is 9.85. The number of rotatable bonds is 7. The molecule has 20 heavy (non-hydrogen) atoms. The molecule has 1 aliphatic heterocycles. The summed E-state index contributed by atoms with van der Waals surface area (Å²) in [4.78, 5) is 2.39. The fourth-order valence-corrected chi connectivity index (χ4v) is 2.62. The van der Waals surface area contributed by atoms with Crippen molar-refractivity contribution in [2.45, 2.75) is 19.3 Å². The van der Waals surface area contributed by atoms with E-state index in [2.05, 4.69) is 11.0 Å². The van der Waals surface area contributed by atoms with Gasteiger partial charge in [-0.2, -0.15) is 5.26 Å². The van der Waals surface area contributed by atoms with E-state index in [1.54, 1.807) is 0 Å². The number of aliphatic hydroxyl groups is 1. The highest BCUT2D eigenvalue weighted by molar-refractivity contribution is 5.28. The van der Waals surface area contributed by atoms with Crippen molar-refractivity contribution in [3.05, 3.63) is 29.8 Å². The number of nitrogens with zero attached hydrogens (tertiary/aromatic N) is 2. The van der Waals surface area contributed by atoms with E-state index in [9.17, 15) is 0 Å². The second-order valence-corrected chi connectivity index (χ2v) is 5.29. The summed E-state index contributed by atoms with van der Waals surface area (Å²) in [5.41, 5.74) is 1.02. The zero-order valence-electron chi connectivity index (χ0n) is 11.8.